The molecule has 5 nitrogen and oxygen atoms in total. The number of benzene rings is 1. The second kappa shape index (κ2) is 9.32. The summed E-state index contributed by atoms with van der Waals surface area (Å²) in [5, 5.41) is 10.6. The average molecular weight is 348 g/mol. The summed E-state index contributed by atoms with van der Waals surface area (Å²) < 4.78 is 0. The van der Waals surface area contributed by atoms with Gasteiger partial charge in [0, 0.05) is 45.8 Å². The number of hydrogen-bond donors (Lipinski definition) is 1. The molecule has 0 bridgehead atoms. The summed E-state index contributed by atoms with van der Waals surface area (Å²) in [6.45, 7) is 14.4. The molecule has 0 spiro atoms. The summed E-state index contributed by atoms with van der Waals surface area (Å²) in [5.74, 6) is 0.216. The van der Waals surface area contributed by atoms with Gasteiger partial charge in [0.1, 0.15) is 0 Å². The van der Waals surface area contributed by atoms with Gasteiger partial charge in [0.25, 0.3) is 0 Å². The van der Waals surface area contributed by atoms with Gasteiger partial charge in [0.15, 0.2) is 0 Å². The fraction of sp³-hybridized carbons (Fsp3) is 0.650. The number of piperazine rings is 1. The van der Waals surface area contributed by atoms with Gasteiger partial charge in [0.2, 0.25) is 5.91 Å². The van der Waals surface area contributed by atoms with Crippen molar-refractivity contribution in [3.05, 3.63) is 34.9 Å². The Morgan fingerprint density at radius 3 is 2.08 bits per heavy atom. The van der Waals surface area contributed by atoms with Gasteiger partial charge in [-0.05, 0) is 33.3 Å². The summed E-state index contributed by atoms with van der Waals surface area (Å²) in [6, 6.07) is 6.26. The van der Waals surface area contributed by atoms with Crippen LogP contribution in [-0.4, -0.2) is 78.1 Å². The first-order valence-electron chi connectivity index (χ1n) is 9.41. The topological polar surface area (TPSA) is 47.0 Å². The van der Waals surface area contributed by atoms with Gasteiger partial charge in [-0.3, -0.25) is 14.6 Å². The van der Waals surface area contributed by atoms with Crippen LogP contribution in [-0.2, 0) is 4.79 Å². The highest BCUT2D eigenvalue weighted by Crippen LogP contribution is 2.18. The van der Waals surface area contributed by atoms with E-state index in [1.807, 2.05) is 18.7 Å². The number of carbonyl (C=O) groups is 1. The molecule has 1 fully saturated rings. The van der Waals surface area contributed by atoms with E-state index in [0.29, 0.717) is 13.1 Å². The zero-order valence-electron chi connectivity index (χ0n) is 16.2. The molecule has 1 aliphatic heterocycles. The lowest BCUT2D eigenvalue weighted by atomic mass is 10.0. The molecular formula is C20H33N3O2. The third-order valence-corrected chi connectivity index (χ3v) is 5.00. The summed E-state index contributed by atoms with van der Waals surface area (Å²) in [5.41, 5.74) is 3.37. The van der Waals surface area contributed by atoms with Crippen LogP contribution in [0, 0.1) is 13.8 Å². The average Bonchev–Trinajstić information content (AvgIpc) is 2.57. The number of aryl methyl sites for hydroxylation is 2. The molecule has 0 saturated carbocycles. The van der Waals surface area contributed by atoms with Crippen molar-refractivity contribution in [1.82, 2.24) is 14.7 Å². The van der Waals surface area contributed by atoms with Crippen LogP contribution >= 0.6 is 0 Å². The third-order valence-electron chi connectivity index (χ3n) is 5.00. The van der Waals surface area contributed by atoms with Crippen LogP contribution in [0.5, 0.6) is 0 Å². The van der Waals surface area contributed by atoms with Crippen LogP contribution in [0.15, 0.2) is 18.2 Å². The Bertz CT molecular complexity index is 544. The lowest BCUT2D eigenvalue weighted by molar-refractivity contribution is -0.132. The third kappa shape index (κ3) is 5.80. The van der Waals surface area contributed by atoms with Crippen molar-refractivity contribution in [2.45, 2.75) is 33.8 Å². The highest BCUT2D eigenvalue weighted by molar-refractivity contribution is 5.78. The Morgan fingerprint density at radius 2 is 1.56 bits per heavy atom. The number of rotatable bonds is 7. The maximum Gasteiger partial charge on any atom is 0.236 e. The first-order valence-corrected chi connectivity index (χ1v) is 9.41. The normalized spacial score (nSPS) is 17.5. The molecule has 1 heterocycles. The minimum atomic E-state index is -0.456. The lowest BCUT2D eigenvalue weighted by Crippen LogP contribution is -2.50. The van der Waals surface area contributed by atoms with Crippen molar-refractivity contribution in [1.29, 1.82) is 0 Å². The Hall–Kier alpha value is -1.43. The molecule has 1 aromatic rings. The predicted molar refractivity (Wildman–Crippen MR) is 102 cm³/mol. The maximum absolute atomic E-state index is 12.2. The van der Waals surface area contributed by atoms with E-state index in [2.05, 4.69) is 41.8 Å². The fourth-order valence-electron chi connectivity index (χ4n) is 3.55. The van der Waals surface area contributed by atoms with Crippen molar-refractivity contribution in [2.24, 2.45) is 0 Å². The standard InChI is InChI=1S/C20H33N3O2/c1-5-23(6-2)20(25)15-22-9-7-21(8-10-22)14-19(24)18-12-16(3)11-17(4)13-18/h11-13,19,24H,5-10,14-15H2,1-4H3. The fourth-order valence-corrected chi connectivity index (χ4v) is 3.55. The molecule has 1 atom stereocenters. The zero-order valence-corrected chi connectivity index (χ0v) is 16.2. The molecule has 0 radical (unpaired) electrons. The van der Waals surface area contributed by atoms with Gasteiger partial charge in [-0.15, -0.1) is 0 Å². The molecule has 140 valence electrons. The summed E-state index contributed by atoms with van der Waals surface area (Å²) in [4.78, 5) is 18.6. The van der Waals surface area contributed by atoms with Crippen LogP contribution < -0.4 is 0 Å². The minimum Gasteiger partial charge on any atom is -0.387 e. The summed E-state index contributed by atoms with van der Waals surface area (Å²) in [7, 11) is 0. The zero-order chi connectivity index (χ0) is 18.4. The molecule has 2 rings (SSSR count). The second-order valence-electron chi connectivity index (χ2n) is 7.08. The molecule has 25 heavy (non-hydrogen) atoms. The number of β-amino-alcohol motifs (C(OH)–C–C–N with tert-alkyl or cyclic N) is 1. The van der Waals surface area contributed by atoms with E-state index in [1.165, 1.54) is 11.1 Å². The van der Waals surface area contributed by atoms with Gasteiger partial charge in [0.05, 0.1) is 12.6 Å². The second-order valence-corrected chi connectivity index (χ2v) is 7.08. The van der Waals surface area contributed by atoms with Gasteiger partial charge < -0.3 is 10.0 Å². The highest BCUT2D eigenvalue weighted by Gasteiger charge is 2.22. The van der Waals surface area contributed by atoms with Gasteiger partial charge in [-0.25, -0.2) is 0 Å². The molecule has 5 heteroatoms. The molecule has 1 aromatic carbocycles. The van der Waals surface area contributed by atoms with Gasteiger partial charge in [-0.2, -0.15) is 0 Å². The van der Waals surface area contributed by atoms with E-state index in [1.54, 1.807) is 0 Å². The summed E-state index contributed by atoms with van der Waals surface area (Å²) >= 11 is 0. The first-order chi connectivity index (χ1) is 11.9. The van der Waals surface area contributed by atoms with Crippen molar-refractivity contribution >= 4 is 5.91 Å². The van der Waals surface area contributed by atoms with Crippen molar-refractivity contribution in [3.63, 3.8) is 0 Å². The van der Waals surface area contributed by atoms with E-state index >= 15 is 0 Å². The number of carbonyl (C=O) groups excluding carboxylic acids is 1. The van der Waals surface area contributed by atoms with E-state index in [0.717, 1.165) is 44.8 Å². The SMILES string of the molecule is CCN(CC)C(=O)CN1CCN(CC(O)c2cc(C)cc(C)c2)CC1. The Labute approximate surface area is 152 Å². The van der Waals surface area contributed by atoms with Gasteiger partial charge in [-0.1, -0.05) is 29.3 Å². The van der Waals surface area contributed by atoms with Crippen LogP contribution in [0.25, 0.3) is 0 Å². The Balaban J connectivity index is 1.81. The van der Waals surface area contributed by atoms with E-state index in [4.69, 9.17) is 0 Å². The van der Waals surface area contributed by atoms with Crippen molar-refractivity contribution in [2.75, 3.05) is 52.4 Å². The van der Waals surface area contributed by atoms with Crippen LogP contribution in [0.1, 0.15) is 36.6 Å². The molecule has 1 aliphatic rings. The van der Waals surface area contributed by atoms with E-state index in [9.17, 15) is 9.90 Å². The molecule has 1 unspecified atom stereocenters. The molecular weight excluding hydrogens is 314 g/mol. The summed E-state index contributed by atoms with van der Waals surface area (Å²) in [6.07, 6.45) is -0.456. The first kappa shape index (κ1) is 19.9. The van der Waals surface area contributed by atoms with Crippen LogP contribution in [0.3, 0.4) is 0 Å². The number of amides is 1. The smallest absolute Gasteiger partial charge is 0.236 e. The van der Waals surface area contributed by atoms with Gasteiger partial charge >= 0.3 is 0 Å². The Kier molecular flexibility index (Phi) is 7.41. The number of aliphatic hydroxyl groups excluding tert-OH is 1. The monoisotopic (exact) mass is 347 g/mol. The van der Waals surface area contributed by atoms with Crippen molar-refractivity contribution < 1.29 is 9.90 Å². The van der Waals surface area contributed by atoms with Crippen LogP contribution in [0.2, 0.25) is 0 Å². The minimum absolute atomic E-state index is 0.216. The number of hydrogen-bond acceptors (Lipinski definition) is 4. The molecule has 1 N–H and O–H groups in total. The molecule has 1 saturated heterocycles. The largest absolute Gasteiger partial charge is 0.387 e. The number of nitrogens with zero attached hydrogens (tertiary/aromatic N) is 3. The number of aliphatic hydroxyl groups is 1. The number of likely N-dealkylation sites (N-methyl/N-ethyl adjacent to an activating group) is 1. The van der Waals surface area contributed by atoms with Crippen LogP contribution in [0.4, 0.5) is 0 Å². The lowest BCUT2D eigenvalue weighted by Gasteiger charge is -2.36. The molecule has 1 amide bonds. The quantitative estimate of drug-likeness (QED) is 0.817. The van der Waals surface area contributed by atoms with E-state index in [-0.39, 0.29) is 5.91 Å². The predicted octanol–water partition coefficient (Wildman–Crippen LogP) is 1.82. The highest BCUT2D eigenvalue weighted by atomic mass is 16.3. The molecule has 0 aromatic heterocycles. The maximum atomic E-state index is 12.2. The van der Waals surface area contributed by atoms with Crippen molar-refractivity contribution in [3.8, 4) is 0 Å². The Morgan fingerprint density at radius 1 is 1.04 bits per heavy atom. The van der Waals surface area contributed by atoms with E-state index < -0.39 is 6.10 Å². The molecule has 0 aliphatic carbocycles.